The highest BCUT2D eigenvalue weighted by atomic mass is 32.1. The lowest BCUT2D eigenvalue weighted by molar-refractivity contribution is -0.145. The van der Waals surface area contributed by atoms with E-state index in [1.165, 1.54) is 11.3 Å². The summed E-state index contributed by atoms with van der Waals surface area (Å²) in [5.41, 5.74) is 4.00. The lowest BCUT2D eigenvalue weighted by atomic mass is 9.91. The molecule has 2 aliphatic carbocycles. The zero-order valence-electron chi connectivity index (χ0n) is 18.3. The van der Waals surface area contributed by atoms with Crippen molar-refractivity contribution in [3.05, 3.63) is 59.1 Å². The van der Waals surface area contributed by atoms with Gasteiger partial charge in [0.15, 0.2) is 10.9 Å². The molecule has 5 nitrogen and oxygen atoms in total. The highest BCUT2D eigenvalue weighted by molar-refractivity contribution is 7.15. The molecule has 3 aromatic rings. The molecule has 0 saturated heterocycles. The zero-order valence-corrected chi connectivity index (χ0v) is 19.1. The van der Waals surface area contributed by atoms with Crippen LogP contribution in [0, 0.1) is 0 Å². The lowest BCUT2D eigenvalue weighted by Gasteiger charge is -2.29. The second-order valence-electron chi connectivity index (χ2n) is 8.37. The fourth-order valence-electron chi connectivity index (χ4n) is 4.32. The van der Waals surface area contributed by atoms with E-state index >= 15 is 0 Å². The number of ether oxygens (including phenoxy) is 2. The van der Waals surface area contributed by atoms with Gasteiger partial charge in [0, 0.05) is 10.4 Å². The Bertz CT molecular complexity index is 1090. The van der Waals surface area contributed by atoms with Crippen molar-refractivity contribution in [3.63, 3.8) is 0 Å². The van der Waals surface area contributed by atoms with E-state index < -0.39 is 0 Å². The van der Waals surface area contributed by atoms with Crippen LogP contribution in [-0.2, 0) is 16.0 Å². The van der Waals surface area contributed by atoms with Crippen molar-refractivity contribution in [3.8, 4) is 16.9 Å². The van der Waals surface area contributed by atoms with Gasteiger partial charge in [-0.25, -0.2) is 4.98 Å². The van der Waals surface area contributed by atoms with Crippen molar-refractivity contribution < 1.29 is 14.3 Å². The Morgan fingerprint density at radius 3 is 2.69 bits per heavy atom. The molecule has 0 bridgehead atoms. The fraction of sp³-hybridized carbons (Fsp3) is 0.385. The van der Waals surface area contributed by atoms with E-state index in [4.69, 9.17) is 14.5 Å². The number of benzene rings is 2. The number of hydrogen-bond donors (Lipinski definition) is 1. The molecule has 0 radical (unpaired) electrons. The minimum atomic E-state index is -0.258. The third kappa shape index (κ3) is 4.24. The molecule has 1 fully saturated rings. The van der Waals surface area contributed by atoms with Gasteiger partial charge in [-0.05, 0) is 57.1 Å². The smallest absolute Gasteiger partial charge is 0.315 e. The minimum absolute atomic E-state index is 0.162. The first-order valence-corrected chi connectivity index (χ1v) is 12.3. The van der Waals surface area contributed by atoms with Crippen LogP contribution in [0.4, 0.5) is 10.8 Å². The Hall–Kier alpha value is -2.86. The van der Waals surface area contributed by atoms with Gasteiger partial charge in [0.25, 0.3) is 0 Å². The van der Waals surface area contributed by atoms with E-state index in [9.17, 15) is 4.79 Å². The van der Waals surface area contributed by atoms with Crippen LogP contribution in [0.5, 0.6) is 5.75 Å². The minimum Gasteiger partial charge on any atom is -0.488 e. The highest BCUT2D eigenvalue weighted by Crippen LogP contribution is 2.43. The number of aromatic nitrogens is 1. The Labute approximate surface area is 192 Å². The van der Waals surface area contributed by atoms with Crippen LogP contribution >= 0.6 is 11.3 Å². The van der Waals surface area contributed by atoms with Crippen LogP contribution in [0.3, 0.4) is 0 Å². The first-order valence-electron chi connectivity index (χ1n) is 11.5. The first-order chi connectivity index (χ1) is 15.7. The number of anilines is 2. The molecule has 1 atom stereocenters. The molecule has 2 aliphatic rings. The third-order valence-corrected chi connectivity index (χ3v) is 7.25. The summed E-state index contributed by atoms with van der Waals surface area (Å²) >= 11 is 1.63. The van der Waals surface area contributed by atoms with Gasteiger partial charge in [0.2, 0.25) is 0 Å². The van der Waals surface area contributed by atoms with E-state index in [1.807, 2.05) is 37.3 Å². The molecule has 2 aromatic carbocycles. The van der Waals surface area contributed by atoms with E-state index in [-0.39, 0.29) is 18.0 Å². The third-order valence-electron chi connectivity index (χ3n) is 6.20. The van der Waals surface area contributed by atoms with E-state index in [0.29, 0.717) is 6.61 Å². The molecule has 1 saturated carbocycles. The number of esters is 1. The number of aryl methyl sites for hydroxylation is 1. The second-order valence-corrected chi connectivity index (χ2v) is 9.45. The number of fused-ring (bicyclic) bond motifs is 1. The Morgan fingerprint density at radius 2 is 1.94 bits per heavy atom. The van der Waals surface area contributed by atoms with Crippen LogP contribution in [-0.4, -0.2) is 23.7 Å². The van der Waals surface area contributed by atoms with Crippen molar-refractivity contribution in [2.75, 3.05) is 11.9 Å². The first kappa shape index (κ1) is 21.0. The average Bonchev–Trinajstić information content (AvgIpc) is 3.20. The van der Waals surface area contributed by atoms with E-state index in [2.05, 4.69) is 23.5 Å². The Kier molecular flexibility index (Phi) is 6.12. The summed E-state index contributed by atoms with van der Waals surface area (Å²) in [7, 11) is 0. The summed E-state index contributed by atoms with van der Waals surface area (Å²) < 4.78 is 11.8. The normalized spacial score (nSPS) is 17.8. The Morgan fingerprint density at radius 1 is 1.09 bits per heavy atom. The molecule has 1 unspecified atom stereocenters. The number of nitrogens with zero attached hydrogens (tertiary/aromatic N) is 1. The standard InChI is InChI=1S/C26H28N2O3S/c1-2-30-25(29)20-14-8-16-22-23(20)28-26(32-22)27-21-15-7-13-19(17-9-4-3-5-10-17)24(21)31-18-11-6-12-18/h3-5,7,9-10,13,15,18,20H,2,6,8,11-12,14,16H2,1H3,(H,27,28). The molecule has 0 aliphatic heterocycles. The van der Waals surface area contributed by atoms with Gasteiger partial charge in [-0.3, -0.25) is 4.79 Å². The number of carbonyl (C=O) groups excluding carboxylic acids is 1. The lowest BCUT2D eigenvalue weighted by Crippen LogP contribution is -2.25. The van der Waals surface area contributed by atoms with Gasteiger partial charge in [0.1, 0.15) is 5.92 Å². The molecule has 0 spiro atoms. The van der Waals surface area contributed by atoms with E-state index in [0.717, 1.165) is 65.5 Å². The van der Waals surface area contributed by atoms with Crippen molar-refractivity contribution in [1.82, 2.24) is 4.98 Å². The number of carbonyl (C=O) groups is 1. The number of hydrogen-bond acceptors (Lipinski definition) is 6. The van der Waals surface area contributed by atoms with Crippen molar-refractivity contribution in [2.45, 2.75) is 57.5 Å². The maximum absolute atomic E-state index is 12.4. The van der Waals surface area contributed by atoms with Crippen LogP contribution in [0.1, 0.15) is 55.5 Å². The predicted octanol–water partition coefficient (Wildman–Crippen LogP) is 6.47. The Balaban J connectivity index is 1.47. The number of para-hydroxylation sites is 1. The summed E-state index contributed by atoms with van der Waals surface area (Å²) in [6, 6.07) is 16.5. The SMILES string of the molecule is CCOC(=O)C1CCCc2sc(Nc3cccc(-c4ccccc4)c3OC3CCC3)nc21. The number of nitrogens with one attached hydrogen (secondary N) is 1. The van der Waals surface area contributed by atoms with Crippen molar-refractivity contribution >= 4 is 28.1 Å². The fourth-order valence-corrected chi connectivity index (χ4v) is 5.40. The summed E-state index contributed by atoms with van der Waals surface area (Å²) in [5.74, 6) is 0.454. The molecule has 0 amide bonds. The summed E-state index contributed by atoms with van der Waals surface area (Å²) in [6.07, 6.45) is 6.41. The largest absolute Gasteiger partial charge is 0.488 e. The van der Waals surface area contributed by atoms with Crippen LogP contribution < -0.4 is 10.1 Å². The maximum atomic E-state index is 12.4. The second kappa shape index (κ2) is 9.33. The van der Waals surface area contributed by atoms with Gasteiger partial charge < -0.3 is 14.8 Å². The molecule has 32 heavy (non-hydrogen) atoms. The van der Waals surface area contributed by atoms with Gasteiger partial charge in [-0.15, -0.1) is 11.3 Å². The molecule has 5 rings (SSSR count). The molecular formula is C26H28N2O3S. The summed E-state index contributed by atoms with van der Waals surface area (Å²) in [6.45, 7) is 2.24. The molecule has 166 valence electrons. The molecule has 1 heterocycles. The van der Waals surface area contributed by atoms with Gasteiger partial charge >= 0.3 is 5.97 Å². The number of rotatable bonds is 7. The van der Waals surface area contributed by atoms with Crippen molar-refractivity contribution in [2.24, 2.45) is 0 Å². The summed E-state index contributed by atoms with van der Waals surface area (Å²) in [5, 5.41) is 4.32. The van der Waals surface area contributed by atoms with Gasteiger partial charge in [-0.1, -0.05) is 42.5 Å². The quantitative estimate of drug-likeness (QED) is 0.420. The molecule has 1 N–H and O–H groups in total. The predicted molar refractivity (Wildman–Crippen MR) is 128 cm³/mol. The topological polar surface area (TPSA) is 60.5 Å². The van der Waals surface area contributed by atoms with Gasteiger partial charge in [0.05, 0.1) is 24.1 Å². The average molecular weight is 449 g/mol. The van der Waals surface area contributed by atoms with Gasteiger partial charge in [-0.2, -0.15) is 0 Å². The summed E-state index contributed by atoms with van der Waals surface area (Å²) in [4.78, 5) is 18.5. The van der Waals surface area contributed by atoms with E-state index in [1.54, 1.807) is 11.3 Å². The van der Waals surface area contributed by atoms with Crippen LogP contribution in [0.2, 0.25) is 0 Å². The monoisotopic (exact) mass is 448 g/mol. The van der Waals surface area contributed by atoms with Crippen LogP contribution in [0.25, 0.3) is 11.1 Å². The molecule has 6 heteroatoms. The maximum Gasteiger partial charge on any atom is 0.315 e. The zero-order chi connectivity index (χ0) is 21.9. The van der Waals surface area contributed by atoms with Crippen LogP contribution in [0.15, 0.2) is 48.5 Å². The van der Waals surface area contributed by atoms with Crippen molar-refractivity contribution in [1.29, 1.82) is 0 Å². The molecule has 1 aromatic heterocycles. The number of thiazole rings is 1. The molecular weight excluding hydrogens is 420 g/mol. The highest BCUT2D eigenvalue weighted by Gasteiger charge is 2.31.